The van der Waals surface area contributed by atoms with E-state index in [1.54, 1.807) is 11.3 Å². The number of fused-ring (bicyclic) bond motifs is 1. The van der Waals surface area contributed by atoms with E-state index in [0.29, 0.717) is 0 Å². The van der Waals surface area contributed by atoms with Gasteiger partial charge in [0.2, 0.25) is 5.91 Å². The third-order valence-electron chi connectivity index (χ3n) is 7.91. The SMILES string of the molecule is Cc1cc(C)c2nc(N3CCC[C@@H](C(=O)NCCCN4CCC(Cc5ccccc5)CC4)C3)sc2c1. The Labute approximate surface area is 219 Å². The van der Waals surface area contributed by atoms with E-state index in [0.717, 1.165) is 62.0 Å². The Hall–Kier alpha value is -2.44. The first-order valence-corrected chi connectivity index (χ1v) is 14.5. The topological polar surface area (TPSA) is 48.5 Å². The first-order valence-electron chi connectivity index (χ1n) is 13.7. The molecule has 3 aromatic rings. The summed E-state index contributed by atoms with van der Waals surface area (Å²) in [5.41, 5.74) is 5.09. The molecule has 0 saturated carbocycles. The van der Waals surface area contributed by atoms with Crippen molar-refractivity contribution < 1.29 is 4.79 Å². The van der Waals surface area contributed by atoms with Crippen LogP contribution in [0.2, 0.25) is 0 Å². The fraction of sp³-hybridized carbons (Fsp3) is 0.533. The number of nitrogens with zero attached hydrogens (tertiary/aromatic N) is 3. The number of hydrogen-bond acceptors (Lipinski definition) is 5. The molecule has 2 aromatic carbocycles. The van der Waals surface area contributed by atoms with Crippen LogP contribution >= 0.6 is 11.3 Å². The average Bonchev–Trinajstić information content (AvgIpc) is 3.33. The van der Waals surface area contributed by atoms with Gasteiger partial charge in [-0.15, -0.1) is 0 Å². The maximum atomic E-state index is 12.9. The number of likely N-dealkylation sites (tertiary alicyclic amines) is 1. The minimum absolute atomic E-state index is 0.0577. The second-order valence-electron chi connectivity index (χ2n) is 10.8. The van der Waals surface area contributed by atoms with Gasteiger partial charge in [-0.25, -0.2) is 4.98 Å². The highest BCUT2D eigenvalue weighted by Gasteiger charge is 2.27. The number of amides is 1. The van der Waals surface area contributed by atoms with Crippen LogP contribution in [-0.4, -0.2) is 55.1 Å². The van der Waals surface area contributed by atoms with E-state index < -0.39 is 0 Å². The van der Waals surface area contributed by atoms with Crippen molar-refractivity contribution in [2.24, 2.45) is 11.8 Å². The molecular formula is C30H40N4OS. The number of thiazole rings is 1. The van der Waals surface area contributed by atoms with Crippen molar-refractivity contribution in [1.82, 2.24) is 15.2 Å². The average molecular weight is 505 g/mol. The van der Waals surface area contributed by atoms with Gasteiger partial charge in [-0.1, -0.05) is 47.7 Å². The Morgan fingerprint density at radius 3 is 2.69 bits per heavy atom. The number of nitrogens with one attached hydrogen (secondary N) is 1. The lowest BCUT2D eigenvalue weighted by Crippen LogP contribution is -2.43. The van der Waals surface area contributed by atoms with Crippen LogP contribution in [0.5, 0.6) is 0 Å². The minimum atomic E-state index is 0.0577. The van der Waals surface area contributed by atoms with Crippen LogP contribution < -0.4 is 10.2 Å². The largest absolute Gasteiger partial charge is 0.356 e. The summed E-state index contributed by atoms with van der Waals surface area (Å²) in [6.45, 7) is 10.3. The second-order valence-corrected chi connectivity index (χ2v) is 11.8. The first kappa shape index (κ1) is 25.2. The summed E-state index contributed by atoms with van der Waals surface area (Å²) in [4.78, 5) is 22.8. The standard InChI is InChI=1S/C30H40N4OS/c1-22-18-23(2)28-27(19-22)36-30(32-28)34-15-6-10-26(21-34)29(35)31-13-7-14-33-16-11-25(12-17-33)20-24-8-4-3-5-9-24/h3-5,8-9,18-19,25-26H,6-7,10-17,20-21H2,1-2H3,(H,31,35)/t26-/m1/s1. The van der Waals surface area contributed by atoms with Crippen molar-refractivity contribution in [2.75, 3.05) is 44.2 Å². The van der Waals surface area contributed by atoms with Gasteiger partial charge in [-0.05, 0) is 101 Å². The van der Waals surface area contributed by atoms with Crippen LogP contribution in [0, 0.1) is 25.7 Å². The summed E-state index contributed by atoms with van der Waals surface area (Å²) in [5, 5.41) is 4.30. The van der Waals surface area contributed by atoms with E-state index >= 15 is 0 Å². The molecule has 2 aliphatic rings. The van der Waals surface area contributed by atoms with Gasteiger partial charge in [0.1, 0.15) is 0 Å². The van der Waals surface area contributed by atoms with Gasteiger partial charge in [-0.3, -0.25) is 4.79 Å². The number of hydrogen-bond donors (Lipinski definition) is 1. The van der Waals surface area contributed by atoms with Gasteiger partial charge < -0.3 is 15.1 Å². The molecule has 0 bridgehead atoms. The van der Waals surface area contributed by atoms with Crippen LogP contribution in [0.1, 0.15) is 48.8 Å². The van der Waals surface area contributed by atoms with Gasteiger partial charge in [0.25, 0.3) is 0 Å². The molecule has 0 aliphatic carbocycles. The summed E-state index contributed by atoms with van der Waals surface area (Å²) in [5.74, 6) is 1.08. The number of carbonyl (C=O) groups excluding carboxylic acids is 1. The van der Waals surface area contributed by atoms with Crippen LogP contribution in [0.15, 0.2) is 42.5 Å². The molecule has 192 valence electrons. The highest BCUT2D eigenvalue weighted by molar-refractivity contribution is 7.22. The van der Waals surface area contributed by atoms with Crippen molar-refractivity contribution in [3.63, 3.8) is 0 Å². The minimum Gasteiger partial charge on any atom is -0.356 e. The predicted molar refractivity (Wildman–Crippen MR) is 151 cm³/mol. The zero-order valence-electron chi connectivity index (χ0n) is 21.8. The molecule has 1 atom stereocenters. The molecule has 5 rings (SSSR count). The highest BCUT2D eigenvalue weighted by atomic mass is 32.1. The fourth-order valence-corrected chi connectivity index (χ4v) is 7.06. The molecule has 1 amide bonds. The molecule has 1 N–H and O–H groups in total. The Morgan fingerprint density at radius 2 is 1.89 bits per heavy atom. The van der Waals surface area contributed by atoms with E-state index in [1.807, 2.05) is 0 Å². The van der Waals surface area contributed by atoms with E-state index in [4.69, 9.17) is 4.98 Å². The molecule has 5 nitrogen and oxygen atoms in total. The Balaban J connectivity index is 1.03. The van der Waals surface area contributed by atoms with E-state index in [1.165, 1.54) is 53.7 Å². The monoisotopic (exact) mass is 504 g/mol. The number of aromatic nitrogens is 1. The predicted octanol–water partition coefficient (Wildman–Crippen LogP) is 5.59. The van der Waals surface area contributed by atoms with Crippen LogP contribution in [0.25, 0.3) is 10.2 Å². The van der Waals surface area contributed by atoms with Gasteiger partial charge >= 0.3 is 0 Å². The summed E-state index contributed by atoms with van der Waals surface area (Å²) in [7, 11) is 0. The number of aryl methyl sites for hydroxylation is 2. The van der Waals surface area contributed by atoms with Crippen molar-refractivity contribution in [1.29, 1.82) is 0 Å². The summed E-state index contributed by atoms with van der Waals surface area (Å²) < 4.78 is 1.25. The number of carbonyl (C=O) groups is 1. The zero-order chi connectivity index (χ0) is 24.9. The lowest BCUT2D eigenvalue weighted by Gasteiger charge is -2.32. The molecule has 36 heavy (non-hydrogen) atoms. The number of benzene rings is 2. The van der Waals surface area contributed by atoms with Crippen molar-refractivity contribution in [3.8, 4) is 0 Å². The van der Waals surface area contributed by atoms with Crippen LogP contribution in [0.4, 0.5) is 5.13 Å². The molecule has 1 aromatic heterocycles. The van der Waals surface area contributed by atoms with E-state index in [-0.39, 0.29) is 11.8 Å². The van der Waals surface area contributed by atoms with Gasteiger partial charge in [-0.2, -0.15) is 0 Å². The number of anilines is 1. The summed E-state index contributed by atoms with van der Waals surface area (Å²) >= 11 is 1.76. The zero-order valence-corrected chi connectivity index (χ0v) is 22.7. The van der Waals surface area contributed by atoms with Crippen molar-refractivity contribution in [2.45, 2.75) is 52.4 Å². The van der Waals surface area contributed by atoms with E-state index in [9.17, 15) is 4.79 Å². The fourth-order valence-electron chi connectivity index (χ4n) is 5.88. The Morgan fingerprint density at radius 1 is 1.08 bits per heavy atom. The van der Waals surface area contributed by atoms with Crippen molar-refractivity contribution in [3.05, 3.63) is 59.2 Å². The Bertz CT molecular complexity index is 1150. The molecule has 0 unspecified atom stereocenters. The lowest BCUT2D eigenvalue weighted by atomic mass is 9.90. The van der Waals surface area contributed by atoms with E-state index in [2.05, 4.69) is 71.4 Å². The molecular weight excluding hydrogens is 464 g/mol. The maximum absolute atomic E-state index is 12.9. The number of rotatable bonds is 8. The first-order chi connectivity index (χ1) is 17.5. The van der Waals surface area contributed by atoms with Gasteiger partial charge in [0, 0.05) is 19.6 Å². The molecule has 0 spiro atoms. The molecule has 6 heteroatoms. The van der Waals surface area contributed by atoms with Gasteiger partial charge in [0.15, 0.2) is 5.13 Å². The van der Waals surface area contributed by atoms with Gasteiger partial charge in [0.05, 0.1) is 16.1 Å². The molecule has 3 heterocycles. The molecule has 2 aliphatic heterocycles. The smallest absolute Gasteiger partial charge is 0.224 e. The second kappa shape index (κ2) is 11.7. The summed E-state index contributed by atoms with van der Waals surface area (Å²) in [6, 6.07) is 15.3. The third kappa shape index (κ3) is 6.27. The molecule has 0 radical (unpaired) electrons. The molecule has 2 saturated heterocycles. The highest BCUT2D eigenvalue weighted by Crippen LogP contribution is 2.33. The lowest BCUT2D eigenvalue weighted by molar-refractivity contribution is -0.125. The number of piperidine rings is 2. The van der Waals surface area contributed by atoms with Crippen molar-refractivity contribution >= 4 is 32.6 Å². The van der Waals surface area contributed by atoms with Crippen LogP contribution in [0.3, 0.4) is 0 Å². The third-order valence-corrected chi connectivity index (χ3v) is 8.97. The van der Waals surface area contributed by atoms with Crippen LogP contribution in [-0.2, 0) is 11.2 Å². The quantitative estimate of drug-likeness (QED) is 0.406. The summed E-state index contributed by atoms with van der Waals surface area (Å²) in [6.07, 6.45) is 6.82. The Kier molecular flexibility index (Phi) is 8.22. The normalized spacial score (nSPS) is 19.6. The molecule has 2 fully saturated rings. The maximum Gasteiger partial charge on any atom is 0.224 e.